The van der Waals surface area contributed by atoms with Gasteiger partial charge in [-0.1, -0.05) is 345 Å². The molecule has 129 heavy (non-hydrogen) atoms. The third-order valence-electron chi connectivity index (χ3n) is 15.5. The highest BCUT2D eigenvalue weighted by Gasteiger charge is 2.26. The highest BCUT2D eigenvalue weighted by molar-refractivity contribution is 14.1. The largest absolute Gasteiger partial charge is 0.464 e. The van der Waals surface area contributed by atoms with Gasteiger partial charge in [0, 0.05) is 86.3 Å². The first-order chi connectivity index (χ1) is 60.8. The summed E-state index contributed by atoms with van der Waals surface area (Å²) in [6.07, 6.45) is 2.55. The van der Waals surface area contributed by atoms with Crippen LogP contribution in [0.2, 0.25) is 0 Å². The number of alkyl halides is 9. The molecule has 5 atom stereocenters. The second-order valence-electron chi connectivity index (χ2n) is 26.1. The molecule has 0 fully saturated rings. The van der Waals surface area contributed by atoms with Crippen LogP contribution in [-0.4, -0.2) is 353 Å². The van der Waals surface area contributed by atoms with E-state index in [0.717, 1.165) is 84.0 Å². The molecule has 3 aromatic carbocycles. The molecule has 0 aliphatic carbocycles. The molecule has 0 radical (unpaired) electrons. The number of nitro benzene ring substituents is 1. The van der Waals surface area contributed by atoms with Crippen LogP contribution >= 0.6 is 203 Å². The van der Waals surface area contributed by atoms with Crippen molar-refractivity contribution >= 4 is 263 Å². The number of hydrogen-bond acceptors (Lipinski definition) is 38. The Hall–Kier alpha value is -1.86. The second-order valence-corrected chi connectivity index (χ2v) is 38.9. The number of hydroxylamine groups is 18. The summed E-state index contributed by atoms with van der Waals surface area (Å²) in [6, 6.07) is 23.0. The highest BCUT2D eigenvalue weighted by atomic mass is 127. The van der Waals surface area contributed by atoms with E-state index in [4.69, 9.17) is 79.1 Å². The van der Waals surface area contributed by atoms with Gasteiger partial charge in [0.1, 0.15) is 82.5 Å². The number of halogens is 9. The number of benzene rings is 3. The number of aryl methyl sites for hydroxylation is 1. The topological polar surface area (TPSA) is 491 Å². The van der Waals surface area contributed by atoms with Crippen LogP contribution in [0.3, 0.4) is 0 Å². The number of carbonyl (C=O) groups excluding carboxylic acids is 9. The van der Waals surface area contributed by atoms with E-state index >= 15 is 0 Å². The summed E-state index contributed by atoms with van der Waals surface area (Å²) in [5.41, 5.74) is 3.63. The van der Waals surface area contributed by atoms with Crippen molar-refractivity contribution in [3.8, 4) is 0 Å². The lowest BCUT2D eigenvalue weighted by atomic mass is 10.1. The molecule has 5 unspecified atom stereocenters. The Morgan fingerprint density at radius 1 is 0.372 bits per heavy atom. The second kappa shape index (κ2) is 91.2. The molecule has 0 saturated heterocycles. The van der Waals surface area contributed by atoms with Crippen molar-refractivity contribution in [2.24, 2.45) is 0 Å². The fourth-order valence-electron chi connectivity index (χ4n) is 7.48. The summed E-state index contributed by atoms with van der Waals surface area (Å²) in [7, 11) is 0. The number of hydrogen-bond donors (Lipinski definition) is 9. The SMILES string of the molecule is CCC(I)C(=O)OCCN(O)CC.CCN(O)CCOC(=O)C(C)(C)I.CCN(O)CCOC(=O)C(C)I.CCN(O)CCOC(=O)C(I)c1ccc(C)cc1.CCN(O)CCOC(=O)C(I)c1ccc([N+](=O)[O-])cc1.CCN(O)CCOC(=O)C(I)c1ccccc1.CCN(O)CCOC(=O)CCCI.CCN(O)CCOC(=O)CCI.CCN(O)CCOC(=O)CI. The van der Waals surface area contributed by atoms with Gasteiger partial charge in [0.25, 0.3) is 5.69 Å². The van der Waals surface area contributed by atoms with Crippen LogP contribution < -0.4 is 0 Å². The molecule has 0 aliphatic rings. The predicted molar refractivity (Wildman–Crippen MR) is 561 cm³/mol. The van der Waals surface area contributed by atoms with E-state index in [-0.39, 0.29) is 135 Å². The Bertz CT molecular complexity index is 3340. The van der Waals surface area contributed by atoms with E-state index in [2.05, 4.69) is 67.8 Å². The van der Waals surface area contributed by atoms with Gasteiger partial charge in [-0.2, -0.15) is 45.6 Å². The third-order valence-corrected chi connectivity index (χ3v) is 23.4. The van der Waals surface area contributed by atoms with Gasteiger partial charge in [-0.15, -0.1) is 0 Å². The summed E-state index contributed by atoms with van der Waals surface area (Å²) in [6.45, 7) is 35.5. The van der Waals surface area contributed by atoms with Crippen molar-refractivity contribution in [1.82, 2.24) is 45.6 Å². The lowest BCUT2D eigenvalue weighted by Gasteiger charge is -2.16. The fraction of sp³-hybridized carbons (Fsp3) is 0.667. The van der Waals surface area contributed by atoms with Gasteiger partial charge in [0.15, 0.2) is 0 Å². The summed E-state index contributed by atoms with van der Waals surface area (Å²) in [5.74, 6) is -2.30. The molecule has 0 heterocycles. The molecule has 0 spiro atoms. The molecule has 0 bridgehead atoms. The molecule has 748 valence electrons. The van der Waals surface area contributed by atoms with Crippen molar-refractivity contribution in [3.05, 3.63) is 111 Å². The molecule has 0 aromatic heterocycles. The highest BCUT2D eigenvalue weighted by Crippen LogP contribution is 2.28. The lowest BCUT2D eigenvalue weighted by Crippen LogP contribution is -2.30. The van der Waals surface area contributed by atoms with Gasteiger partial charge >= 0.3 is 53.7 Å². The third kappa shape index (κ3) is 85.1. The van der Waals surface area contributed by atoms with Gasteiger partial charge in [-0.05, 0) is 57.2 Å². The van der Waals surface area contributed by atoms with Crippen LogP contribution in [0.1, 0.15) is 150 Å². The van der Waals surface area contributed by atoms with Crippen LogP contribution in [0, 0.1) is 17.0 Å². The van der Waals surface area contributed by atoms with E-state index in [1.807, 2.05) is 259 Å². The van der Waals surface area contributed by atoms with Crippen LogP contribution in [0.5, 0.6) is 0 Å². The standard InChI is InChI=1S/C13H18INO3.C12H15IN2O5.C12H16INO3.3C8H16INO3.2C7H14INO3.C6H12INO3/c1-3-15(17)8-9-18-13(16)12(14)11-6-4-10(2)5-7-11;1-2-14(17)7-8-20-12(16)11(13)9-3-5-10(6-4-9)15(18)19;1-2-14(16)8-9-17-12(15)11(13)10-6-4-3-5-7-10;1-4-10(12)5-6-13-7(11)8(2,3)9;1-3-7(9)8(11)13-6-5-10(12)4-2;1-2-10(12)6-7-13-8(11)4-3-5-9;1-3-9(11)4-5-12-7(10)6(2)8;1-2-9(11)5-6-12-7(10)3-4-8;1-2-8(10)3-4-11-6(9)5-7/h4-7,12,17H,3,8-9H2,1-2H3;3-6,11,17H,2,7-8H2,1H3;3-7,11,16H,2,8-9H2,1H3;12H,4-6H2,1-3H3;7,12H,3-6H2,1-2H3;12H,2-7H2,1H3;6,11H,3-5H2,1-2H3;11H,2-6H2,1H3;10H,2-5H2,1H3. The van der Waals surface area contributed by atoms with Crippen LogP contribution in [0.25, 0.3) is 0 Å². The van der Waals surface area contributed by atoms with E-state index in [9.17, 15) is 63.7 Å². The van der Waals surface area contributed by atoms with Gasteiger partial charge in [-0.3, -0.25) is 53.3 Å². The molecule has 0 saturated carbocycles. The van der Waals surface area contributed by atoms with Crippen LogP contribution in [0.15, 0.2) is 78.9 Å². The summed E-state index contributed by atoms with van der Waals surface area (Å²) < 4.78 is 44.5. The maximum Gasteiger partial charge on any atom is 0.323 e. The number of esters is 9. The van der Waals surface area contributed by atoms with E-state index in [0.29, 0.717) is 134 Å². The minimum atomic E-state index is -0.540. The van der Waals surface area contributed by atoms with Gasteiger partial charge in [0.2, 0.25) is 0 Å². The summed E-state index contributed by atoms with van der Waals surface area (Å²) in [4.78, 5) is 111. The molecular formula is C81H137I9N10O29. The van der Waals surface area contributed by atoms with Crippen molar-refractivity contribution in [1.29, 1.82) is 0 Å². The van der Waals surface area contributed by atoms with Crippen LogP contribution in [-0.2, 0) is 85.8 Å². The predicted octanol–water partition coefficient (Wildman–Crippen LogP) is 14.6. The van der Waals surface area contributed by atoms with E-state index in [1.54, 1.807) is 27.7 Å². The molecule has 3 rings (SSSR count). The Morgan fingerprint density at radius 2 is 0.636 bits per heavy atom. The zero-order valence-electron chi connectivity index (χ0n) is 76.0. The number of ether oxygens (including phenoxy) is 9. The maximum absolute atomic E-state index is 11.8. The van der Waals surface area contributed by atoms with E-state index < -0.39 is 18.2 Å². The first-order valence-electron chi connectivity index (χ1n) is 41.2. The Morgan fingerprint density at radius 3 is 0.899 bits per heavy atom. The number of carbonyl (C=O) groups is 9. The van der Waals surface area contributed by atoms with Gasteiger partial charge in [-0.25, -0.2) is 0 Å². The quantitative estimate of drug-likeness (QED) is 0.00633. The first kappa shape index (κ1) is 138. The van der Waals surface area contributed by atoms with Gasteiger partial charge in [0.05, 0.1) is 74.7 Å². The normalized spacial score (nSPS) is 11.9. The van der Waals surface area contributed by atoms with Crippen molar-refractivity contribution in [2.45, 2.75) is 146 Å². The molecule has 39 nitrogen and oxygen atoms in total. The fourth-order valence-corrected chi connectivity index (χ4v) is 10.8. The average molecular weight is 2860 g/mol. The molecular weight excluding hydrogens is 2720 g/mol. The van der Waals surface area contributed by atoms with Gasteiger partial charge < -0.3 is 89.5 Å². The zero-order valence-corrected chi connectivity index (χ0v) is 95.4. The minimum absolute atomic E-state index is 0.0235. The number of nitro groups is 1. The summed E-state index contributed by atoms with van der Waals surface area (Å²) >= 11 is 18.3. The van der Waals surface area contributed by atoms with Crippen molar-refractivity contribution < 1.29 is 138 Å². The lowest BCUT2D eigenvalue weighted by molar-refractivity contribution is -0.384. The average Bonchev–Trinajstić information content (AvgIpc) is 0.843. The first-order valence-corrected chi connectivity index (χ1v) is 53.0. The van der Waals surface area contributed by atoms with E-state index in [1.165, 1.54) is 24.3 Å². The minimum Gasteiger partial charge on any atom is -0.464 e. The molecule has 3 aromatic rings. The van der Waals surface area contributed by atoms with Crippen molar-refractivity contribution in [2.75, 3.05) is 191 Å². The maximum atomic E-state index is 11.8. The Labute approximate surface area is 883 Å². The Balaban J connectivity index is -0.000000332. The molecule has 0 amide bonds. The molecule has 0 aliphatic heterocycles. The number of nitrogens with zero attached hydrogens (tertiary/aromatic N) is 10. The zero-order chi connectivity index (χ0) is 99.8. The smallest absolute Gasteiger partial charge is 0.323 e. The molecule has 9 N–H and O–H groups in total. The molecule has 48 heteroatoms. The number of rotatable bonds is 53. The monoisotopic (exact) mass is 2860 g/mol. The number of non-ortho nitro benzene ring substituents is 1. The Kier molecular flexibility index (Phi) is 97.5. The number of likely N-dealkylation sites (N-methyl/N-ethyl adjacent to an activating group) is 9. The van der Waals surface area contributed by atoms with Crippen molar-refractivity contribution in [3.63, 3.8) is 0 Å². The summed E-state index contributed by atoms with van der Waals surface area (Å²) in [5, 5.41) is 102. The van der Waals surface area contributed by atoms with Crippen LogP contribution in [0.4, 0.5) is 5.69 Å².